The molecule has 4 rings (SSSR count). The number of rotatable bonds is 16. The number of amides is 3. The predicted octanol–water partition coefficient (Wildman–Crippen LogP) is 5.64. The molecule has 0 aromatic heterocycles. The Morgan fingerprint density at radius 3 is 2.11 bits per heavy atom. The Balaban J connectivity index is 1.55. The summed E-state index contributed by atoms with van der Waals surface area (Å²) in [6.07, 6.45) is 4.64. The van der Waals surface area contributed by atoms with Crippen molar-refractivity contribution in [3.05, 3.63) is 59.7 Å². The molecule has 2 aliphatic heterocycles. The summed E-state index contributed by atoms with van der Waals surface area (Å²) in [4.78, 5) is 66.4. The SMILES string of the molecule is CC(C)NC(=O)C(CCC(C)C(=O)NCNC(=O)C(C)C)C(CCC(C)C(=O)O)C(=O)Oc1ccc2c(c1)C=CC1(O2)N(C)c2ccccc2C1(C)C. The maximum Gasteiger partial charge on any atom is 0.315 e. The van der Waals surface area contributed by atoms with Crippen LogP contribution in [0.3, 0.4) is 0 Å². The number of carbonyl (C=O) groups excluding carboxylic acids is 4. The molecule has 53 heavy (non-hydrogen) atoms. The monoisotopic (exact) mass is 732 g/mol. The van der Waals surface area contributed by atoms with Crippen LogP contribution in [0, 0.1) is 29.6 Å². The Morgan fingerprint density at radius 1 is 0.830 bits per heavy atom. The van der Waals surface area contributed by atoms with Gasteiger partial charge in [-0.15, -0.1) is 0 Å². The highest BCUT2D eigenvalue weighted by Gasteiger charge is 2.57. The molecule has 288 valence electrons. The van der Waals surface area contributed by atoms with Gasteiger partial charge in [-0.05, 0) is 95.4 Å². The fourth-order valence-electron chi connectivity index (χ4n) is 7.11. The molecule has 0 saturated heterocycles. The number of carboxylic acids is 1. The van der Waals surface area contributed by atoms with Gasteiger partial charge in [0.1, 0.15) is 11.5 Å². The largest absolute Gasteiger partial charge is 0.481 e. The number of carbonyl (C=O) groups is 5. The summed E-state index contributed by atoms with van der Waals surface area (Å²) in [5.41, 5.74) is 1.81. The number of nitrogens with one attached hydrogen (secondary N) is 3. The summed E-state index contributed by atoms with van der Waals surface area (Å²) < 4.78 is 12.7. The molecule has 12 nitrogen and oxygen atoms in total. The number of ether oxygens (including phenoxy) is 2. The van der Waals surface area contributed by atoms with Gasteiger partial charge in [0.2, 0.25) is 23.4 Å². The number of anilines is 1. The third-order valence-electron chi connectivity index (χ3n) is 10.6. The average molecular weight is 733 g/mol. The van der Waals surface area contributed by atoms with E-state index < -0.39 is 41.3 Å². The molecule has 5 atom stereocenters. The minimum absolute atomic E-state index is 0.0242. The van der Waals surface area contributed by atoms with E-state index in [9.17, 15) is 29.1 Å². The first-order valence-corrected chi connectivity index (χ1v) is 18.6. The highest BCUT2D eigenvalue weighted by atomic mass is 16.5. The molecule has 0 bridgehead atoms. The number of aliphatic carboxylic acids is 1. The maximum atomic E-state index is 14.1. The van der Waals surface area contributed by atoms with Crippen LogP contribution in [0.1, 0.15) is 92.2 Å². The van der Waals surface area contributed by atoms with Gasteiger partial charge in [-0.25, -0.2) is 0 Å². The van der Waals surface area contributed by atoms with Gasteiger partial charge in [-0.1, -0.05) is 45.9 Å². The molecule has 0 saturated carbocycles. The van der Waals surface area contributed by atoms with Crippen molar-refractivity contribution in [3.8, 4) is 11.5 Å². The van der Waals surface area contributed by atoms with Crippen molar-refractivity contribution in [2.24, 2.45) is 29.6 Å². The Bertz CT molecular complexity index is 1720. The summed E-state index contributed by atoms with van der Waals surface area (Å²) in [5.74, 6) is -5.08. The van der Waals surface area contributed by atoms with Crippen molar-refractivity contribution in [1.29, 1.82) is 0 Å². The molecule has 2 aromatic rings. The second kappa shape index (κ2) is 16.9. The first-order chi connectivity index (χ1) is 24.9. The Kier molecular flexibility index (Phi) is 13.0. The fraction of sp³-hybridized carbons (Fsp3) is 0.537. The number of para-hydroxylation sites is 1. The molecule has 2 aromatic carbocycles. The van der Waals surface area contributed by atoms with Gasteiger partial charge in [0.05, 0.1) is 29.8 Å². The maximum absolute atomic E-state index is 14.1. The van der Waals surface area contributed by atoms with Gasteiger partial charge in [-0.2, -0.15) is 0 Å². The molecule has 4 N–H and O–H groups in total. The van der Waals surface area contributed by atoms with Crippen molar-refractivity contribution in [2.75, 3.05) is 18.6 Å². The molecule has 2 aliphatic rings. The van der Waals surface area contributed by atoms with E-state index in [0.29, 0.717) is 5.75 Å². The zero-order valence-corrected chi connectivity index (χ0v) is 32.4. The zero-order chi connectivity index (χ0) is 39.2. The average Bonchev–Trinajstić information content (AvgIpc) is 3.26. The number of nitrogens with zero attached hydrogens (tertiary/aromatic N) is 1. The van der Waals surface area contributed by atoms with E-state index in [2.05, 4.69) is 46.8 Å². The molecular formula is C41H56N4O8. The van der Waals surface area contributed by atoms with Gasteiger partial charge < -0.3 is 35.4 Å². The zero-order valence-electron chi connectivity index (χ0n) is 32.4. The van der Waals surface area contributed by atoms with Crippen LogP contribution in [0.15, 0.2) is 48.5 Å². The van der Waals surface area contributed by atoms with E-state index in [4.69, 9.17) is 9.47 Å². The second-order valence-electron chi connectivity index (χ2n) is 15.5. The van der Waals surface area contributed by atoms with Crippen LogP contribution in [-0.4, -0.2) is 60.2 Å². The lowest BCUT2D eigenvalue weighted by atomic mass is 9.76. The standard InChI is InChI=1S/C41H56N4O8/c1-24(2)35(46)42-23-43-36(47)26(5)14-17-30(37(48)44-25(3)4)31(18-15-27(6)38(49)50)39(51)52-29-16-19-34-28(22-29)20-21-41(53-34)40(7,8)32-12-10-11-13-33(32)45(41)9/h10-13,16,19-22,24-27,30-31H,14-15,17-18,23H2,1-9H3,(H,42,46)(H,43,47)(H,44,48)(H,49,50). The Labute approximate surface area is 313 Å². The number of esters is 1. The molecular weight excluding hydrogens is 676 g/mol. The van der Waals surface area contributed by atoms with Crippen molar-refractivity contribution in [3.63, 3.8) is 0 Å². The van der Waals surface area contributed by atoms with Gasteiger partial charge in [0, 0.05) is 36.2 Å². The third kappa shape index (κ3) is 9.03. The Hall–Kier alpha value is -4.87. The van der Waals surface area contributed by atoms with E-state index in [1.54, 1.807) is 45.9 Å². The van der Waals surface area contributed by atoms with E-state index in [1.807, 2.05) is 45.2 Å². The smallest absolute Gasteiger partial charge is 0.315 e. The molecule has 5 unspecified atom stereocenters. The molecule has 0 fully saturated rings. The quantitative estimate of drug-likeness (QED) is 0.0972. The number of fused-ring (bicyclic) bond motifs is 2. The van der Waals surface area contributed by atoms with Gasteiger partial charge in [-0.3, -0.25) is 24.0 Å². The summed E-state index contributed by atoms with van der Waals surface area (Å²) in [6, 6.07) is 13.1. The molecule has 2 heterocycles. The summed E-state index contributed by atoms with van der Waals surface area (Å²) in [5, 5.41) is 17.9. The van der Waals surface area contributed by atoms with E-state index >= 15 is 0 Å². The van der Waals surface area contributed by atoms with E-state index in [-0.39, 0.29) is 73.2 Å². The van der Waals surface area contributed by atoms with Crippen molar-refractivity contribution in [1.82, 2.24) is 16.0 Å². The second-order valence-corrected chi connectivity index (χ2v) is 15.5. The van der Waals surface area contributed by atoms with Gasteiger partial charge >= 0.3 is 11.9 Å². The lowest BCUT2D eigenvalue weighted by molar-refractivity contribution is -0.147. The Morgan fingerprint density at radius 2 is 1.47 bits per heavy atom. The molecule has 3 amide bonds. The lowest BCUT2D eigenvalue weighted by Crippen LogP contribution is -2.58. The van der Waals surface area contributed by atoms with Crippen molar-refractivity contribution in [2.45, 2.75) is 98.3 Å². The highest BCUT2D eigenvalue weighted by Crippen LogP contribution is 2.54. The van der Waals surface area contributed by atoms with Crippen LogP contribution in [0.2, 0.25) is 0 Å². The van der Waals surface area contributed by atoms with Crippen LogP contribution in [0.25, 0.3) is 6.08 Å². The summed E-state index contributed by atoms with van der Waals surface area (Å²) in [6.45, 7) is 14.7. The fourth-order valence-corrected chi connectivity index (χ4v) is 7.11. The van der Waals surface area contributed by atoms with Crippen LogP contribution >= 0.6 is 0 Å². The van der Waals surface area contributed by atoms with Crippen LogP contribution in [-0.2, 0) is 29.4 Å². The number of benzene rings is 2. The molecule has 0 radical (unpaired) electrons. The summed E-state index contributed by atoms with van der Waals surface area (Å²) in [7, 11) is 2.01. The van der Waals surface area contributed by atoms with E-state index in [0.717, 1.165) is 11.3 Å². The molecule has 0 aliphatic carbocycles. The van der Waals surface area contributed by atoms with Crippen molar-refractivity contribution >= 4 is 41.4 Å². The normalized spacial score (nSPS) is 19.0. The number of likely N-dealkylation sites (N-methyl/N-ethyl adjacent to an activating group) is 1. The first-order valence-electron chi connectivity index (χ1n) is 18.6. The topological polar surface area (TPSA) is 163 Å². The lowest BCUT2D eigenvalue weighted by Gasteiger charge is -2.45. The predicted molar refractivity (Wildman–Crippen MR) is 203 cm³/mol. The van der Waals surface area contributed by atoms with E-state index in [1.165, 1.54) is 5.56 Å². The van der Waals surface area contributed by atoms with Crippen molar-refractivity contribution < 1.29 is 38.6 Å². The number of hydrogen-bond donors (Lipinski definition) is 4. The number of hydrogen-bond acceptors (Lipinski definition) is 8. The van der Waals surface area contributed by atoms with Crippen LogP contribution in [0.5, 0.6) is 11.5 Å². The van der Waals surface area contributed by atoms with Gasteiger partial charge in [0.25, 0.3) is 0 Å². The minimum Gasteiger partial charge on any atom is -0.481 e. The number of carboxylic acid groups (broad SMARTS) is 1. The van der Waals surface area contributed by atoms with Gasteiger partial charge in [0.15, 0.2) is 0 Å². The minimum atomic E-state index is -1.01. The third-order valence-corrected chi connectivity index (χ3v) is 10.6. The highest BCUT2D eigenvalue weighted by molar-refractivity contribution is 5.87. The van der Waals surface area contributed by atoms with Crippen LogP contribution in [0.4, 0.5) is 5.69 Å². The van der Waals surface area contributed by atoms with Crippen LogP contribution < -0.4 is 30.3 Å². The molecule has 1 spiro atoms. The summed E-state index contributed by atoms with van der Waals surface area (Å²) >= 11 is 0. The first kappa shape index (κ1) is 40.9. The molecule has 12 heteroatoms.